The van der Waals surface area contributed by atoms with Crippen molar-refractivity contribution in [3.05, 3.63) is 51.0 Å². The molecule has 1 aliphatic rings. The first-order valence-corrected chi connectivity index (χ1v) is 8.87. The van der Waals surface area contributed by atoms with Gasteiger partial charge in [-0.2, -0.15) is 0 Å². The molecule has 0 fully saturated rings. The maximum atomic E-state index is 12.2. The Labute approximate surface area is 137 Å². The molecule has 2 aromatic rings. The lowest BCUT2D eigenvalue weighted by atomic mass is 10.1. The molecule has 24 heavy (non-hydrogen) atoms. The number of nitrogens with one attached hydrogen (secondary N) is 2. The molecule has 3 heterocycles. The van der Waals surface area contributed by atoms with Gasteiger partial charge in [0.25, 0.3) is 11.5 Å². The number of rotatable bonds is 3. The minimum atomic E-state index is -3.28. The van der Waals surface area contributed by atoms with E-state index in [4.69, 9.17) is 4.52 Å². The van der Waals surface area contributed by atoms with Crippen molar-refractivity contribution < 1.29 is 17.7 Å². The highest BCUT2D eigenvalue weighted by atomic mass is 32.2. The predicted molar refractivity (Wildman–Crippen MR) is 86.2 cm³/mol. The Kier molecular flexibility index (Phi) is 3.88. The summed E-state index contributed by atoms with van der Waals surface area (Å²) in [6.45, 7) is 3.47. The molecule has 0 unspecified atom stereocenters. The summed E-state index contributed by atoms with van der Waals surface area (Å²) in [6.07, 6.45) is 1.39. The average molecular weight is 349 g/mol. The van der Waals surface area contributed by atoms with Gasteiger partial charge in [-0.25, -0.2) is 8.42 Å². The van der Waals surface area contributed by atoms with Crippen LogP contribution in [0.5, 0.6) is 0 Å². The number of aromatic nitrogens is 2. The molecule has 0 aromatic carbocycles. The molecule has 0 bridgehead atoms. The summed E-state index contributed by atoms with van der Waals surface area (Å²) >= 11 is 0. The molecule has 1 aliphatic heterocycles. The smallest absolute Gasteiger partial charge is 0.261 e. The third kappa shape index (κ3) is 3.02. The predicted octanol–water partition coefficient (Wildman–Crippen LogP) is 0.687. The minimum Gasteiger partial charge on any atom is -0.361 e. The van der Waals surface area contributed by atoms with Gasteiger partial charge in [0.1, 0.15) is 11.3 Å². The number of pyridine rings is 1. The van der Waals surface area contributed by atoms with Crippen LogP contribution in [0.25, 0.3) is 11.3 Å². The van der Waals surface area contributed by atoms with Crippen LogP contribution >= 0.6 is 0 Å². The van der Waals surface area contributed by atoms with E-state index >= 15 is 0 Å². The standard InChI is InChI=1S/C15H15N3O5S/c1-8-13(9(2)23-18-8)12-4-3-11(15(20)17-12)14(19)16-10-5-6-24(21,22)7-10/h3-6,10H,7H2,1-2H3,(H,16,19)(H,17,20)/t10-/m1/s1. The van der Waals surface area contributed by atoms with Crippen LogP contribution in [0.2, 0.25) is 0 Å². The van der Waals surface area contributed by atoms with Gasteiger partial charge in [-0.3, -0.25) is 9.59 Å². The highest BCUT2D eigenvalue weighted by molar-refractivity contribution is 7.94. The molecule has 3 rings (SSSR count). The van der Waals surface area contributed by atoms with Gasteiger partial charge < -0.3 is 14.8 Å². The number of amides is 1. The fourth-order valence-corrected chi connectivity index (χ4v) is 3.81. The lowest BCUT2D eigenvalue weighted by Crippen LogP contribution is -2.38. The van der Waals surface area contributed by atoms with Gasteiger partial charge in [0, 0.05) is 5.41 Å². The monoisotopic (exact) mass is 349 g/mol. The van der Waals surface area contributed by atoms with E-state index in [1.165, 1.54) is 12.1 Å². The Morgan fingerprint density at radius 1 is 1.38 bits per heavy atom. The fourth-order valence-electron chi connectivity index (χ4n) is 2.58. The topological polar surface area (TPSA) is 122 Å². The molecule has 9 heteroatoms. The summed E-state index contributed by atoms with van der Waals surface area (Å²) in [5.74, 6) is -0.275. The van der Waals surface area contributed by atoms with E-state index in [0.717, 1.165) is 5.41 Å². The molecule has 0 spiro atoms. The number of aromatic amines is 1. The Morgan fingerprint density at radius 2 is 2.12 bits per heavy atom. The molecule has 0 radical (unpaired) electrons. The highest BCUT2D eigenvalue weighted by Crippen LogP contribution is 2.24. The SMILES string of the molecule is Cc1noc(C)c1-c1ccc(C(=O)N[C@@H]2C=CS(=O)(=O)C2)c(=O)[nH]1. The summed E-state index contributed by atoms with van der Waals surface area (Å²) in [6, 6.07) is 2.34. The van der Waals surface area contributed by atoms with Gasteiger partial charge in [-0.05, 0) is 32.1 Å². The molecular formula is C15H15N3O5S. The van der Waals surface area contributed by atoms with Crippen LogP contribution in [0.3, 0.4) is 0 Å². The number of sulfone groups is 1. The van der Waals surface area contributed by atoms with Gasteiger partial charge >= 0.3 is 0 Å². The van der Waals surface area contributed by atoms with Crippen LogP contribution in [-0.2, 0) is 9.84 Å². The Hall–Kier alpha value is -2.68. The zero-order valence-electron chi connectivity index (χ0n) is 13.0. The van der Waals surface area contributed by atoms with E-state index in [0.29, 0.717) is 22.7 Å². The van der Waals surface area contributed by atoms with Crippen LogP contribution in [0, 0.1) is 13.8 Å². The largest absolute Gasteiger partial charge is 0.361 e. The summed E-state index contributed by atoms with van der Waals surface area (Å²) in [5.41, 5.74) is 1.12. The van der Waals surface area contributed by atoms with Gasteiger partial charge in [0.2, 0.25) is 0 Å². The van der Waals surface area contributed by atoms with Crippen molar-refractivity contribution in [3.8, 4) is 11.3 Å². The third-order valence-electron chi connectivity index (χ3n) is 3.70. The average Bonchev–Trinajstić information content (AvgIpc) is 3.00. The summed E-state index contributed by atoms with van der Waals surface area (Å²) in [5, 5.41) is 7.39. The lowest BCUT2D eigenvalue weighted by Gasteiger charge is -2.10. The number of nitrogens with zero attached hydrogens (tertiary/aromatic N) is 1. The number of H-pyrrole nitrogens is 1. The zero-order valence-corrected chi connectivity index (χ0v) is 13.8. The first-order valence-electron chi connectivity index (χ1n) is 7.15. The molecule has 1 amide bonds. The number of hydrogen-bond donors (Lipinski definition) is 2. The van der Waals surface area contributed by atoms with Crippen molar-refractivity contribution >= 4 is 15.7 Å². The van der Waals surface area contributed by atoms with Crippen molar-refractivity contribution in [1.29, 1.82) is 0 Å². The molecule has 2 N–H and O–H groups in total. The van der Waals surface area contributed by atoms with Crippen molar-refractivity contribution in [3.63, 3.8) is 0 Å². The summed E-state index contributed by atoms with van der Waals surface area (Å²) < 4.78 is 27.7. The van der Waals surface area contributed by atoms with E-state index in [1.807, 2.05) is 0 Å². The molecule has 2 aromatic heterocycles. The van der Waals surface area contributed by atoms with Crippen LogP contribution in [0.1, 0.15) is 21.8 Å². The van der Waals surface area contributed by atoms with Crippen molar-refractivity contribution in [1.82, 2.24) is 15.5 Å². The molecule has 8 nitrogen and oxygen atoms in total. The van der Waals surface area contributed by atoms with Crippen LogP contribution in [0.4, 0.5) is 0 Å². The van der Waals surface area contributed by atoms with Crippen molar-refractivity contribution in [2.45, 2.75) is 19.9 Å². The highest BCUT2D eigenvalue weighted by Gasteiger charge is 2.24. The van der Waals surface area contributed by atoms with E-state index in [-0.39, 0.29) is 11.3 Å². The Bertz CT molecular complexity index is 981. The molecule has 0 saturated carbocycles. The second-order valence-electron chi connectivity index (χ2n) is 5.55. The van der Waals surface area contributed by atoms with E-state index in [1.54, 1.807) is 19.9 Å². The molecule has 0 aliphatic carbocycles. The maximum absolute atomic E-state index is 12.2. The number of carbonyl (C=O) groups excluding carboxylic acids is 1. The maximum Gasteiger partial charge on any atom is 0.261 e. The van der Waals surface area contributed by atoms with Crippen LogP contribution < -0.4 is 10.9 Å². The Balaban J connectivity index is 1.84. The zero-order chi connectivity index (χ0) is 17.5. The van der Waals surface area contributed by atoms with Crippen LogP contribution in [0.15, 0.2) is 32.9 Å². The minimum absolute atomic E-state index is 0.0943. The number of hydrogen-bond acceptors (Lipinski definition) is 6. The fraction of sp³-hybridized carbons (Fsp3) is 0.267. The first-order chi connectivity index (χ1) is 11.3. The second-order valence-corrected chi connectivity index (χ2v) is 7.48. The summed E-state index contributed by atoms with van der Waals surface area (Å²) in [4.78, 5) is 27.0. The van der Waals surface area contributed by atoms with Crippen molar-refractivity contribution in [2.24, 2.45) is 0 Å². The van der Waals surface area contributed by atoms with Gasteiger partial charge in [0.05, 0.1) is 28.7 Å². The van der Waals surface area contributed by atoms with E-state index in [9.17, 15) is 18.0 Å². The lowest BCUT2D eigenvalue weighted by molar-refractivity contribution is 0.0946. The van der Waals surface area contributed by atoms with Crippen molar-refractivity contribution in [2.75, 3.05) is 5.75 Å². The number of aryl methyl sites for hydroxylation is 2. The number of carbonyl (C=O) groups is 1. The third-order valence-corrected chi connectivity index (χ3v) is 5.10. The van der Waals surface area contributed by atoms with Gasteiger partial charge in [0.15, 0.2) is 9.84 Å². The molecule has 0 saturated heterocycles. The summed E-state index contributed by atoms with van der Waals surface area (Å²) in [7, 11) is -3.28. The van der Waals surface area contributed by atoms with Crippen LogP contribution in [-0.4, -0.2) is 36.3 Å². The molecular weight excluding hydrogens is 334 g/mol. The first kappa shape index (κ1) is 16.2. The molecule has 1 atom stereocenters. The van der Waals surface area contributed by atoms with E-state index < -0.39 is 27.3 Å². The van der Waals surface area contributed by atoms with E-state index in [2.05, 4.69) is 15.5 Å². The van der Waals surface area contributed by atoms with Gasteiger partial charge in [-0.1, -0.05) is 5.16 Å². The second kappa shape index (κ2) is 5.75. The normalized spacial score (nSPS) is 18.7. The molecule has 126 valence electrons. The quantitative estimate of drug-likeness (QED) is 0.840. The van der Waals surface area contributed by atoms with Gasteiger partial charge in [-0.15, -0.1) is 0 Å². The Morgan fingerprint density at radius 3 is 2.67 bits per heavy atom.